The Balaban J connectivity index is 2.56. The van der Waals surface area contributed by atoms with Crippen LogP contribution in [0.4, 0.5) is 0 Å². The lowest BCUT2D eigenvalue weighted by molar-refractivity contribution is 0.243. The molecule has 5 nitrogen and oxygen atoms in total. The standard InChI is InChI=1S/C14H31N3O2S/c1-5-6-9-16(4)20(18,19)17-10-7-8-14(12-17)11-15-13(2)3/h13-15H,5-12H2,1-4H3. The van der Waals surface area contributed by atoms with E-state index in [9.17, 15) is 8.42 Å². The Morgan fingerprint density at radius 2 is 2.10 bits per heavy atom. The monoisotopic (exact) mass is 305 g/mol. The van der Waals surface area contributed by atoms with Gasteiger partial charge in [0.1, 0.15) is 0 Å². The maximum Gasteiger partial charge on any atom is 0.281 e. The van der Waals surface area contributed by atoms with E-state index in [0.717, 1.165) is 32.2 Å². The molecule has 0 aromatic rings. The molecule has 0 spiro atoms. The fraction of sp³-hybridized carbons (Fsp3) is 1.00. The smallest absolute Gasteiger partial charge is 0.281 e. The van der Waals surface area contributed by atoms with Crippen LogP contribution in [-0.2, 0) is 10.2 Å². The molecule has 1 aliphatic rings. The Morgan fingerprint density at radius 1 is 1.40 bits per heavy atom. The topological polar surface area (TPSA) is 52.7 Å². The van der Waals surface area contributed by atoms with Crippen molar-refractivity contribution < 1.29 is 8.42 Å². The molecule has 0 saturated carbocycles. The van der Waals surface area contributed by atoms with Gasteiger partial charge < -0.3 is 5.32 Å². The molecule has 1 unspecified atom stereocenters. The minimum absolute atomic E-state index is 0.431. The number of rotatable bonds is 8. The van der Waals surface area contributed by atoms with E-state index in [2.05, 4.69) is 26.1 Å². The molecule has 1 rings (SSSR count). The molecule has 0 radical (unpaired) electrons. The van der Waals surface area contributed by atoms with Crippen LogP contribution >= 0.6 is 0 Å². The van der Waals surface area contributed by atoms with Crippen LogP contribution in [0, 0.1) is 5.92 Å². The highest BCUT2D eigenvalue weighted by molar-refractivity contribution is 7.86. The lowest BCUT2D eigenvalue weighted by Crippen LogP contribution is -2.48. The zero-order valence-corrected chi connectivity index (χ0v) is 14.2. The fourth-order valence-corrected chi connectivity index (χ4v) is 4.01. The van der Waals surface area contributed by atoms with Gasteiger partial charge in [0, 0.05) is 32.7 Å². The Hall–Kier alpha value is -0.170. The van der Waals surface area contributed by atoms with Crippen LogP contribution in [0.25, 0.3) is 0 Å². The van der Waals surface area contributed by atoms with Gasteiger partial charge >= 0.3 is 0 Å². The second-order valence-corrected chi connectivity index (χ2v) is 8.15. The van der Waals surface area contributed by atoms with E-state index < -0.39 is 10.2 Å². The largest absolute Gasteiger partial charge is 0.314 e. The second-order valence-electron chi connectivity index (χ2n) is 6.11. The summed E-state index contributed by atoms with van der Waals surface area (Å²) in [6.07, 6.45) is 4.01. The van der Waals surface area contributed by atoms with Crippen molar-refractivity contribution in [3.05, 3.63) is 0 Å². The molecule has 1 N–H and O–H groups in total. The predicted molar refractivity (Wildman–Crippen MR) is 83.9 cm³/mol. The van der Waals surface area contributed by atoms with Gasteiger partial charge in [0.15, 0.2) is 0 Å². The molecule has 1 aliphatic heterocycles. The molecule has 0 amide bonds. The van der Waals surface area contributed by atoms with Gasteiger partial charge in [-0.1, -0.05) is 27.2 Å². The van der Waals surface area contributed by atoms with Gasteiger partial charge in [-0.3, -0.25) is 0 Å². The van der Waals surface area contributed by atoms with Gasteiger partial charge in [0.05, 0.1) is 0 Å². The van der Waals surface area contributed by atoms with Gasteiger partial charge in [0.25, 0.3) is 10.2 Å². The zero-order chi connectivity index (χ0) is 15.2. The number of piperidine rings is 1. The maximum atomic E-state index is 12.5. The first-order chi connectivity index (χ1) is 9.37. The zero-order valence-electron chi connectivity index (χ0n) is 13.4. The van der Waals surface area contributed by atoms with Gasteiger partial charge in [-0.2, -0.15) is 17.0 Å². The maximum absolute atomic E-state index is 12.5. The number of nitrogens with zero attached hydrogens (tertiary/aromatic N) is 2. The van der Waals surface area contributed by atoms with Gasteiger partial charge in [0.2, 0.25) is 0 Å². The lowest BCUT2D eigenvalue weighted by Gasteiger charge is -2.34. The number of hydrogen-bond acceptors (Lipinski definition) is 3. The number of hydrogen-bond donors (Lipinski definition) is 1. The van der Waals surface area contributed by atoms with Crippen LogP contribution < -0.4 is 5.32 Å². The summed E-state index contributed by atoms with van der Waals surface area (Å²) in [7, 11) is -1.57. The normalized spacial score (nSPS) is 21.8. The van der Waals surface area contributed by atoms with Crippen molar-refractivity contribution in [1.29, 1.82) is 0 Å². The van der Waals surface area contributed by atoms with E-state index in [1.54, 1.807) is 11.4 Å². The van der Waals surface area contributed by atoms with Crippen LogP contribution in [0.5, 0.6) is 0 Å². The lowest BCUT2D eigenvalue weighted by atomic mass is 9.99. The fourth-order valence-electron chi connectivity index (χ4n) is 2.50. The van der Waals surface area contributed by atoms with Crippen LogP contribution in [0.1, 0.15) is 46.5 Å². The average molecular weight is 305 g/mol. The summed E-state index contributed by atoms with van der Waals surface area (Å²) in [6.45, 7) is 9.16. The van der Waals surface area contributed by atoms with Gasteiger partial charge in [-0.05, 0) is 31.7 Å². The molecule has 0 bridgehead atoms. The summed E-state index contributed by atoms with van der Waals surface area (Å²) in [5.74, 6) is 0.431. The van der Waals surface area contributed by atoms with Crippen molar-refractivity contribution in [3.63, 3.8) is 0 Å². The summed E-state index contributed by atoms with van der Waals surface area (Å²) < 4.78 is 28.2. The van der Waals surface area contributed by atoms with Crippen molar-refractivity contribution in [2.75, 3.05) is 33.2 Å². The van der Waals surface area contributed by atoms with E-state index >= 15 is 0 Å². The molecule has 1 heterocycles. The first kappa shape index (κ1) is 17.9. The third-order valence-corrected chi connectivity index (χ3v) is 5.80. The highest BCUT2D eigenvalue weighted by Gasteiger charge is 2.31. The van der Waals surface area contributed by atoms with Crippen molar-refractivity contribution in [2.45, 2.75) is 52.5 Å². The SMILES string of the molecule is CCCCN(C)S(=O)(=O)N1CCCC(CNC(C)C)C1. The van der Waals surface area contributed by atoms with Crippen LogP contribution in [0.2, 0.25) is 0 Å². The molecule has 0 aliphatic carbocycles. The van der Waals surface area contributed by atoms with E-state index in [1.165, 1.54) is 4.31 Å². The summed E-state index contributed by atoms with van der Waals surface area (Å²) in [6, 6.07) is 0.453. The van der Waals surface area contributed by atoms with Crippen molar-refractivity contribution >= 4 is 10.2 Å². The average Bonchev–Trinajstić information content (AvgIpc) is 2.42. The molecule has 0 aromatic heterocycles. The molecular formula is C14H31N3O2S. The Morgan fingerprint density at radius 3 is 2.70 bits per heavy atom. The second kappa shape index (κ2) is 8.32. The molecule has 1 saturated heterocycles. The molecule has 6 heteroatoms. The summed E-state index contributed by atoms with van der Waals surface area (Å²) in [5.41, 5.74) is 0. The molecule has 120 valence electrons. The third-order valence-electron chi connectivity index (χ3n) is 3.84. The minimum atomic E-state index is -3.27. The van der Waals surface area contributed by atoms with Crippen molar-refractivity contribution in [1.82, 2.24) is 13.9 Å². The minimum Gasteiger partial charge on any atom is -0.314 e. The summed E-state index contributed by atoms with van der Waals surface area (Å²) in [4.78, 5) is 0. The van der Waals surface area contributed by atoms with Crippen LogP contribution in [-0.4, -0.2) is 56.3 Å². The molecule has 1 fully saturated rings. The highest BCUT2D eigenvalue weighted by Crippen LogP contribution is 2.20. The van der Waals surface area contributed by atoms with Crippen molar-refractivity contribution in [2.24, 2.45) is 5.92 Å². The summed E-state index contributed by atoms with van der Waals surface area (Å²) >= 11 is 0. The van der Waals surface area contributed by atoms with Crippen molar-refractivity contribution in [3.8, 4) is 0 Å². The Bertz CT molecular complexity index is 371. The van der Waals surface area contributed by atoms with E-state index in [1.807, 2.05) is 0 Å². The van der Waals surface area contributed by atoms with Gasteiger partial charge in [-0.25, -0.2) is 0 Å². The summed E-state index contributed by atoms with van der Waals surface area (Å²) in [5, 5.41) is 3.42. The van der Waals surface area contributed by atoms with Crippen LogP contribution in [0.3, 0.4) is 0 Å². The number of nitrogens with one attached hydrogen (secondary N) is 1. The van der Waals surface area contributed by atoms with E-state index in [4.69, 9.17) is 0 Å². The predicted octanol–water partition coefficient (Wildman–Crippen LogP) is 1.67. The highest BCUT2D eigenvalue weighted by atomic mass is 32.2. The molecule has 0 aromatic carbocycles. The molecular weight excluding hydrogens is 274 g/mol. The van der Waals surface area contributed by atoms with Crippen LogP contribution in [0.15, 0.2) is 0 Å². The van der Waals surface area contributed by atoms with E-state index in [0.29, 0.717) is 31.6 Å². The Labute approximate surface area is 124 Å². The first-order valence-corrected chi connectivity index (χ1v) is 9.22. The quantitative estimate of drug-likeness (QED) is 0.742. The first-order valence-electron chi connectivity index (χ1n) is 7.82. The van der Waals surface area contributed by atoms with E-state index in [-0.39, 0.29) is 0 Å². The molecule has 1 atom stereocenters. The number of unbranched alkanes of at least 4 members (excludes halogenated alkanes) is 1. The third kappa shape index (κ3) is 5.31. The Kier molecular flexibility index (Phi) is 7.43. The molecule has 20 heavy (non-hydrogen) atoms. The van der Waals surface area contributed by atoms with Gasteiger partial charge in [-0.15, -0.1) is 0 Å².